The number of hydrogen-bond donors (Lipinski definition) is 1. The molecule has 0 spiro atoms. The van der Waals surface area contributed by atoms with Gasteiger partial charge in [-0.15, -0.1) is 0 Å². The minimum absolute atomic E-state index is 0.319. The van der Waals surface area contributed by atoms with E-state index >= 15 is 0 Å². The average molecular weight is 223 g/mol. The van der Waals surface area contributed by atoms with Crippen molar-refractivity contribution in [3.8, 4) is 0 Å². The highest BCUT2D eigenvalue weighted by Crippen LogP contribution is 2.42. The Bertz CT molecular complexity index is 256. The van der Waals surface area contributed by atoms with Crippen LogP contribution in [0.3, 0.4) is 0 Å². The van der Waals surface area contributed by atoms with Gasteiger partial charge in [0.1, 0.15) is 0 Å². The molecule has 1 aliphatic carbocycles. The summed E-state index contributed by atoms with van der Waals surface area (Å²) < 4.78 is 0. The lowest BCUT2D eigenvalue weighted by molar-refractivity contribution is 0.121. The van der Waals surface area contributed by atoms with E-state index in [2.05, 4.69) is 16.8 Å². The number of rotatable bonds is 2. The van der Waals surface area contributed by atoms with Gasteiger partial charge in [-0.25, -0.2) is 0 Å². The van der Waals surface area contributed by atoms with Crippen LogP contribution in [0.5, 0.6) is 0 Å². The SMILES string of the molecule is CN1CCC(CN)(N2CC3CCCC3C2)C1. The molecule has 3 atom stereocenters. The van der Waals surface area contributed by atoms with Gasteiger partial charge in [-0.1, -0.05) is 6.42 Å². The Balaban J connectivity index is 1.72. The van der Waals surface area contributed by atoms with E-state index in [1.54, 1.807) is 0 Å². The van der Waals surface area contributed by atoms with Gasteiger partial charge in [-0.2, -0.15) is 0 Å². The van der Waals surface area contributed by atoms with Crippen molar-refractivity contribution in [3.63, 3.8) is 0 Å². The van der Waals surface area contributed by atoms with E-state index in [1.165, 1.54) is 51.9 Å². The van der Waals surface area contributed by atoms with Gasteiger partial charge in [-0.05, 0) is 44.7 Å². The number of nitrogens with two attached hydrogens (primary N) is 1. The van der Waals surface area contributed by atoms with Gasteiger partial charge in [-0.3, -0.25) is 4.90 Å². The Morgan fingerprint density at radius 3 is 2.44 bits per heavy atom. The summed E-state index contributed by atoms with van der Waals surface area (Å²) in [7, 11) is 2.23. The van der Waals surface area contributed by atoms with Crippen molar-refractivity contribution < 1.29 is 0 Å². The van der Waals surface area contributed by atoms with E-state index in [0.29, 0.717) is 5.54 Å². The summed E-state index contributed by atoms with van der Waals surface area (Å²) in [6.45, 7) is 5.91. The number of likely N-dealkylation sites (N-methyl/N-ethyl adjacent to an activating group) is 1. The lowest BCUT2D eigenvalue weighted by Crippen LogP contribution is -2.54. The van der Waals surface area contributed by atoms with Gasteiger partial charge in [0, 0.05) is 31.7 Å². The molecule has 3 aliphatic rings. The highest BCUT2D eigenvalue weighted by molar-refractivity contribution is 5.04. The molecule has 3 fully saturated rings. The highest BCUT2D eigenvalue weighted by atomic mass is 15.3. The zero-order valence-corrected chi connectivity index (χ0v) is 10.5. The number of hydrogen-bond acceptors (Lipinski definition) is 3. The van der Waals surface area contributed by atoms with E-state index in [1.807, 2.05) is 0 Å². The predicted octanol–water partition coefficient (Wildman–Crippen LogP) is 0.751. The second kappa shape index (κ2) is 3.97. The second-order valence-corrected chi connectivity index (χ2v) is 6.27. The zero-order chi connectivity index (χ0) is 11.2. The third-order valence-corrected chi connectivity index (χ3v) is 5.30. The minimum Gasteiger partial charge on any atom is -0.329 e. The molecule has 0 aromatic heterocycles. The molecule has 0 amide bonds. The third-order valence-electron chi connectivity index (χ3n) is 5.30. The van der Waals surface area contributed by atoms with Gasteiger partial charge >= 0.3 is 0 Å². The molecular weight excluding hydrogens is 198 g/mol. The monoisotopic (exact) mass is 223 g/mol. The van der Waals surface area contributed by atoms with Gasteiger partial charge in [0.2, 0.25) is 0 Å². The van der Waals surface area contributed by atoms with Gasteiger partial charge in [0.05, 0.1) is 0 Å². The van der Waals surface area contributed by atoms with Crippen LogP contribution in [0, 0.1) is 11.8 Å². The van der Waals surface area contributed by atoms with Crippen LogP contribution in [0.25, 0.3) is 0 Å². The molecule has 3 rings (SSSR count). The van der Waals surface area contributed by atoms with E-state index in [0.717, 1.165) is 18.4 Å². The summed E-state index contributed by atoms with van der Waals surface area (Å²) in [4.78, 5) is 5.19. The molecule has 0 aromatic rings. The van der Waals surface area contributed by atoms with Crippen molar-refractivity contribution in [1.82, 2.24) is 9.80 Å². The minimum atomic E-state index is 0.319. The molecule has 3 nitrogen and oxygen atoms in total. The second-order valence-electron chi connectivity index (χ2n) is 6.27. The van der Waals surface area contributed by atoms with Crippen molar-refractivity contribution in [2.24, 2.45) is 17.6 Å². The topological polar surface area (TPSA) is 32.5 Å². The molecular formula is C13H25N3. The van der Waals surface area contributed by atoms with Crippen LogP contribution in [-0.2, 0) is 0 Å². The number of nitrogens with zero attached hydrogens (tertiary/aromatic N) is 2. The fourth-order valence-electron chi connectivity index (χ4n) is 4.24. The van der Waals surface area contributed by atoms with Crippen LogP contribution in [0.15, 0.2) is 0 Å². The highest BCUT2D eigenvalue weighted by Gasteiger charge is 2.47. The van der Waals surface area contributed by atoms with Crippen molar-refractivity contribution >= 4 is 0 Å². The van der Waals surface area contributed by atoms with Crippen molar-refractivity contribution in [2.45, 2.75) is 31.2 Å². The fraction of sp³-hybridized carbons (Fsp3) is 1.00. The Labute approximate surface area is 99.0 Å². The van der Waals surface area contributed by atoms with Gasteiger partial charge < -0.3 is 10.6 Å². The number of fused-ring (bicyclic) bond motifs is 1. The Morgan fingerprint density at radius 1 is 1.25 bits per heavy atom. The van der Waals surface area contributed by atoms with Crippen LogP contribution in [-0.4, -0.2) is 55.1 Å². The third kappa shape index (κ3) is 1.60. The summed E-state index contributed by atoms with van der Waals surface area (Å²) in [5.74, 6) is 1.99. The molecule has 2 saturated heterocycles. The first-order valence-corrected chi connectivity index (χ1v) is 6.87. The first-order chi connectivity index (χ1) is 7.73. The maximum Gasteiger partial charge on any atom is 0.0470 e. The van der Waals surface area contributed by atoms with Crippen LogP contribution in [0.2, 0.25) is 0 Å². The lowest BCUT2D eigenvalue weighted by Gasteiger charge is -2.38. The molecule has 1 saturated carbocycles. The molecule has 2 N–H and O–H groups in total. The maximum absolute atomic E-state index is 6.09. The van der Waals surface area contributed by atoms with Crippen LogP contribution in [0.1, 0.15) is 25.7 Å². The molecule has 0 bridgehead atoms. The van der Waals surface area contributed by atoms with E-state index in [9.17, 15) is 0 Å². The standard InChI is InChI=1S/C13H25N3/c1-15-6-5-13(9-14,10-15)16-7-11-3-2-4-12(11)8-16/h11-12H,2-10,14H2,1H3. The summed E-state index contributed by atoms with van der Waals surface area (Å²) in [5, 5.41) is 0. The number of likely N-dealkylation sites (tertiary alicyclic amines) is 2. The summed E-state index contributed by atoms with van der Waals surface area (Å²) in [6, 6.07) is 0. The fourth-order valence-corrected chi connectivity index (χ4v) is 4.24. The molecule has 2 heterocycles. The van der Waals surface area contributed by atoms with Crippen molar-refractivity contribution in [2.75, 3.05) is 39.8 Å². The van der Waals surface area contributed by atoms with Gasteiger partial charge in [0.25, 0.3) is 0 Å². The summed E-state index contributed by atoms with van der Waals surface area (Å²) in [6.07, 6.45) is 5.69. The van der Waals surface area contributed by atoms with E-state index in [4.69, 9.17) is 5.73 Å². The van der Waals surface area contributed by atoms with Crippen molar-refractivity contribution in [1.29, 1.82) is 0 Å². The quantitative estimate of drug-likeness (QED) is 0.750. The van der Waals surface area contributed by atoms with Crippen LogP contribution in [0.4, 0.5) is 0 Å². The molecule has 2 aliphatic heterocycles. The Hall–Kier alpha value is -0.120. The van der Waals surface area contributed by atoms with Gasteiger partial charge in [0.15, 0.2) is 0 Å². The molecule has 92 valence electrons. The summed E-state index contributed by atoms with van der Waals surface area (Å²) in [5.41, 5.74) is 6.41. The van der Waals surface area contributed by atoms with Crippen LogP contribution >= 0.6 is 0 Å². The molecule has 3 unspecified atom stereocenters. The van der Waals surface area contributed by atoms with E-state index < -0.39 is 0 Å². The molecule has 3 heteroatoms. The first kappa shape index (κ1) is 11.0. The normalized spacial score (nSPS) is 45.4. The molecule has 0 aromatic carbocycles. The average Bonchev–Trinajstić information content (AvgIpc) is 2.90. The predicted molar refractivity (Wildman–Crippen MR) is 66.3 cm³/mol. The Morgan fingerprint density at radius 2 is 1.94 bits per heavy atom. The largest absolute Gasteiger partial charge is 0.329 e. The smallest absolute Gasteiger partial charge is 0.0470 e. The first-order valence-electron chi connectivity index (χ1n) is 6.87. The van der Waals surface area contributed by atoms with E-state index in [-0.39, 0.29) is 0 Å². The maximum atomic E-state index is 6.09. The van der Waals surface area contributed by atoms with Crippen LogP contribution < -0.4 is 5.73 Å². The zero-order valence-electron chi connectivity index (χ0n) is 10.5. The summed E-state index contributed by atoms with van der Waals surface area (Å²) >= 11 is 0. The lowest BCUT2D eigenvalue weighted by atomic mass is 9.96. The Kier molecular flexibility index (Phi) is 2.73. The molecule has 16 heavy (non-hydrogen) atoms. The van der Waals surface area contributed by atoms with Crippen molar-refractivity contribution in [3.05, 3.63) is 0 Å². The molecule has 0 radical (unpaired) electrons.